The Balaban J connectivity index is 3.69. The van der Waals surface area contributed by atoms with E-state index in [-0.39, 0.29) is 6.10 Å². The third kappa shape index (κ3) is 6.61. The number of rotatable bonds is 7. The molecule has 0 aromatic carbocycles. The zero-order chi connectivity index (χ0) is 9.40. The predicted molar refractivity (Wildman–Crippen MR) is 49.6 cm³/mol. The number of hydrogen-bond acceptors (Lipinski definition) is 3. The lowest BCUT2D eigenvalue weighted by atomic mass is 10.1. The van der Waals surface area contributed by atoms with Crippen molar-refractivity contribution in [1.29, 1.82) is 0 Å². The molecule has 0 saturated heterocycles. The molecule has 0 aliphatic rings. The van der Waals surface area contributed by atoms with Crippen LogP contribution in [0.5, 0.6) is 0 Å². The number of unbranched alkanes of at least 4 members (excludes halogenated alkanes) is 1. The van der Waals surface area contributed by atoms with Crippen molar-refractivity contribution >= 4 is 11.0 Å². The molecule has 0 aliphatic carbocycles. The zero-order valence-electron chi connectivity index (χ0n) is 7.78. The van der Waals surface area contributed by atoms with E-state index in [0.29, 0.717) is 0 Å². The molecule has 74 valence electrons. The van der Waals surface area contributed by atoms with Gasteiger partial charge < -0.3 is 0 Å². The summed E-state index contributed by atoms with van der Waals surface area (Å²) in [6.45, 7) is 4.11. The van der Waals surface area contributed by atoms with Gasteiger partial charge >= 0.3 is 0 Å². The first-order valence-electron chi connectivity index (χ1n) is 4.51. The quantitative estimate of drug-likeness (QED) is 0.629. The molecule has 1 atom stereocenters. The van der Waals surface area contributed by atoms with Crippen molar-refractivity contribution in [2.45, 2.75) is 52.1 Å². The van der Waals surface area contributed by atoms with Crippen molar-refractivity contribution in [3.63, 3.8) is 0 Å². The summed E-state index contributed by atoms with van der Waals surface area (Å²) in [5.74, 6) is 0. The molecule has 0 amide bonds. The van der Waals surface area contributed by atoms with Crippen LogP contribution >= 0.6 is 0 Å². The van der Waals surface area contributed by atoms with Crippen LogP contribution in [0.1, 0.15) is 46.0 Å². The van der Waals surface area contributed by atoms with E-state index in [0.717, 1.165) is 32.1 Å². The minimum absolute atomic E-state index is 0.0870. The molecule has 0 bridgehead atoms. The van der Waals surface area contributed by atoms with Gasteiger partial charge in [0.15, 0.2) is 0 Å². The third-order valence-electron chi connectivity index (χ3n) is 1.73. The molecule has 0 aromatic rings. The van der Waals surface area contributed by atoms with E-state index in [9.17, 15) is 8.42 Å². The molecule has 0 heterocycles. The van der Waals surface area contributed by atoms with Gasteiger partial charge in [-0.25, -0.2) is 8.42 Å². The fourth-order valence-electron chi connectivity index (χ4n) is 1.13. The van der Waals surface area contributed by atoms with Gasteiger partial charge in [0.1, 0.15) is 0 Å². The SMILES string of the molecule is CCCCC(CCC)O[SH](=O)=O. The fourth-order valence-corrected chi connectivity index (χ4v) is 1.58. The van der Waals surface area contributed by atoms with Crippen LogP contribution in [0, 0.1) is 0 Å². The normalized spacial score (nSPS) is 13.6. The lowest BCUT2D eigenvalue weighted by Crippen LogP contribution is -2.11. The van der Waals surface area contributed by atoms with Crippen LogP contribution in [0.25, 0.3) is 0 Å². The minimum Gasteiger partial charge on any atom is -0.269 e. The molecule has 0 spiro atoms. The highest BCUT2D eigenvalue weighted by atomic mass is 32.2. The van der Waals surface area contributed by atoms with Crippen molar-refractivity contribution in [2.24, 2.45) is 0 Å². The van der Waals surface area contributed by atoms with Gasteiger partial charge in [0.05, 0.1) is 6.10 Å². The van der Waals surface area contributed by atoms with E-state index < -0.39 is 11.0 Å². The Morgan fingerprint density at radius 3 is 2.25 bits per heavy atom. The number of thiol groups is 1. The van der Waals surface area contributed by atoms with Crippen molar-refractivity contribution in [3.8, 4) is 0 Å². The molecule has 3 nitrogen and oxygen atoms in total. The second-order valence-corrected chi connectivity index (χ2v) is 3.54. The molecular weight excluding hydrogens is 176 g/mol. The van der Waals surface area contributed by atoms with Crippen LogP contribution in [0.3, 0.4) is 0 Å². The first-order chi connectivity index (χ1) is 5.70. The average Bonchev–Trinajstić information content (AvgIpc) is 2.00. The van der Waals surface area contributed by atoms with E-state index in [1.165, 1.54) is 0 Å². The van der Waals surface area contributed by atoms with Crippen molar-refractivity contribution in [2.75, 3.05) is 0 Å². The Labute approximate surface area is 76.3 Å². The van der Waals surface area contributed by atoms with Gasteiger partial charge in [0.2, 0.25) is 0 Å². The maximum absolute atomic E-state index is 10.3. The van der Waals surface area contributed by atoms with Crippen LogP contribution < -0.4 is 0 Å². The first-order valence-corrected chi connectivity index (χ1v) is 5.61. The molecule has 12 heavy (non-hydrogen) atoms. The molecule has 1 unspecified atom stereocenters. The maximum Gasteiger partial charge on any atom is 0.257 e. The van der Waals surface area contributed by atoms with Gasteiger partial charge in [-0.1, -0.05) is 33.1 Å². The summed E-state index contributed by atoms with van der Waals surface area (Å²) in [6.07, 6.45) is 4.69. The van der Waals surface area contributed by atoms with Gasteiger partial charge in [-0.2, -0.15) is 0 Å². The monoisotopic (exact) mass is 194 g/mol. The Morgan fingerprint density at radius 2 is 1.83 bits per heavy atom. The Hall–Kier alpha value is -0.0900. The summed E-state index contributed by atoms with van der Waals surface area (Å²) in [5.41, 5.74) is 0. The summed E-state index contributed by atoms with van der Waals surface area (Å²) in [4.78, 5) is 0. The van der Waals surface area contributed by atoms with Crippen LogP contribution in [0.15, 0.2) is 0 Å². The summed E-state index contributed by atoms with van der Waals surface area (Å²) in [7, 11) is -2.67. The van der Waals surface area contributed by atoms with E-state index in [2.05, 4.69) is 6.92 Å². The van der Waals surface area contributed by atoms with Gasteiger partial charge in [-0.3, -0.25) is 4.18 Å². The Bertz CT molecular complexity index is 158. The lowest BCUT2D eigenvalue weighted by molar-refractivity contribution is 0.192. The maximum atomic E-state index is 10.3. The van der Waals surface area contributed by atoms with Crippen LogP contribution in [-0.2, 0) is 15.2 Å². The highest BCUT2D eigenvalue weighted by Gasteiger charge is 2.07. The molecule has 0 radical (unpaired) electrons. The van der Waals surface area contributed by atoms with E-state index >= 15 is 0 Å². The average molecular weight is 194 g/mol. The zero-order valence-corrected chi connectivity index (χ0v) is 8.68. The molecule has 0 aliphatic heterocycles. The minimum atomic E-state index is -2.67. The van der Waals surface area contributed by atoms with Crippen molar-refractivity contribution < 1.29 is 12.6 Å². The van der Waals surface area contributed by atoms with Crippen molar-refractivity contribution in [3.05, 3.63) is 0 Å². The second-order valence-electron chi connectivity index (χ2n) is 2.88. The van der Waals surface area contributed by atoms with Crippen molar-refractivity contribution in [1.82, 2.24) is 0 Å². The van der Waals surface area contributed by atoms with Gasteiger partial charge in [0.25, 0.3) is 11.0 Å². The van der Waals surface area contributed by atoms with Crippen LogP contribution in [0.2, 0.25) is 0 Å². The summed E-state index contributed by atoms with van der Waals surface area (Å²) < 4.78 is 25.3. The van der Waals surface area contributed by atoms with Gasteiger partial charge in [-0.15, -0.1) is 0 Å². The van der Waals surface area contributed by atoms with Gasteiger partial charge in [0, 0.05) is 0 Å². The highest BCUT2D eigenvalue weighted by molar-refractivity contribution is 7.67. The molecule has 0 aromatic heterocycles. The Kier molecular flexibility index (Phi) is 7.50. The number of hydrogen-bond donors (Lipinski definition) is 1. The smallest absolute Gasteiger partial charge is 0.257 e. The molecule has 0 saturated carbocycles. The van der Waals surface area contributed by atoms with E-state index in [1.807, 2.05) is 6.92 Å². The van der Waals surface area contributed by atoms with Crippen LogP contribution in [-0.4, -0.2) is 14.5 Å². The molecule has 4 heteroatoms. The van der Waals surface area contributed by atoms with E-state index in [4.69, 9.17) is 4.18 Å². The van der Waals surface area contributed by atoms with Crippen LogP contribution in [0.4, 0.5) is 0 Å². The summed E-state index contributed by atoms with van der Waals surface area (Å²) in [5, 5.41) is 0. The fraction of sp³-hybridized carbons (Fsp3) is 1.00. The molecular formula is C8H18O3S. The highest BCUT2D eigenvalue weighted by Crippen LogP contribution is 2.10. The topological polar surface area (TPSA) is 43.4 Å². The Morgan fingerprint density at radius 1 is 1.17 bits per heavy atom. The summed E-state index contributed by atoms with van der Waals surface area (Å²) >= 11 is 0. The molecule has 0 fully saturated rings. The second kappa shape index (κ2) is 7.55. The molecule has 0 N–H and O–H groups in total. The van der Waals surface area contributed by atoms with Gasteiger partial charge in [-0.05, 0) is 12.8 Å². The first kappa shape index (κ1) is 11.9. The standard InChI is InChI=1S/C8H18O3S/c1-3-5-7-8(6-4-2)11-12(9)10/h8,12H,3-7H2,1-2H3. The predicted octanol–water partition coefficient (Wildman–Crippen LogP) is 1.89. The third-order valence-corrected chi connectivity index (χ3v) is 2.20. The lowest BCUT2D eigenvalue weighted by Gasteiger charge is -2.11. The largest absolute Gasteiger partial charge is 0.269 e. The molecule has 0 rings (SSSR count). The summed E-state index contributed by atoms with van der Waals surface area (Å²) in [6, 6.07) is 0. The van der Waals surface area contributed by atoms with E-state index in [1.54, 1.807) is 0 Å².